The number of aromatic nitrogens is 1. The summed E-state index contributed by atoms with van der Waals surface area (Å²) < 4.78 is 5.11. The maximum Gasteiger partial charge on any atom is 0.257 e. The van der Waals surface area contributed by atoms with Gasteiger partial charge in [0.1, 0.15) is 11.6 Å². The average molecular weight is 292 g/mol. The van der Waals surface area contributed by atoms with E-state index < -0.39 is 0 Å². The molecular formula is C14H14ClN3O2. The number of methoxy groups -OCH3 is 1. The number of nitrogens with zero attached hydrogens (tertiary/aromatic N) is 1. The predicted octanol–water partition coefficient (Wildman–Crippen LogP) is 3.04. The fourth-order valence-corrected chi connectivity index (χ4v) is 1.84. The van der Waals surface area contributed by atoms with Crippen molar-refractivity contribution < 1.29 is 9.53 Å². The standard InChI is InChI=1S/C14H14ClN3O2/c1-16-13-7-11(12(15)8-17-13)14(19)18-9-4-3-5-10(6-9)20-2/h3-8H,1-2H3,(H,16,17)(H,18,19). The summed E-state index contributed by atoms with van der Waals surface area (Å²) in [6.07, 6.45) is 1.44. The SMILES string of the molecule is CNc1cc(C(=O)Nc2cccc(OC)c2)c(Cl)cn1. The summed E-state index contributed by atoms with van der Waals surface area (Å²) in [5.41, 5.74) is 0.988. The summed E-state index contributed by atoms with van der Waals surface area (Å²) in [6, 6.07) is 8.69. The van der Waals surface area contributed by atoms with Crippen LogP contribution in [0.5, 0.6) is 5.75 Å². The molecule has 5 nitrogen and oxygen atoms in total. The third-order valence-electron chi connectivity index (χ3n) is 2.68. The summed E-state index contributed by atoms with van der Waals surface area (Å²) in [7, 11) is 3.29. The van der Waals surface area contributed by atoms with Crippen LogP contribution in [0, 0.1) is 0 Å². The first-order chi connectivity index (χ1) is 9.63. The van der Waals surface area contributed by atoms with Crippen molar-refractivity contribution in [2.75, 3.05) is 24.8 Å². The first kappa shape index (κ1) is 14.1. The van der Waals surface area contributed by atoms with E-state index in [1.807, 2.05) is 0 Å². The zero-order valence-corrected chi connectivity index (χ0v) is 11.9. The molecule has 0 bridgehead atoms. The molecule has 0 radical (unpaired) electrons. The molecule has 6 heteroatoms. The van der Waals surface area contributed by atoms with Gasteiger partial charge in [-0.15, -0.1) is 0 Å². The van der Waals surface area contributed by atoms with E-state index in [1.54, 1.807) is 44.5 Å². The lowest BCUT2D eigenvalue weighted by Gasteiger charge is -2.09. The Hall–Kier alpha value is -2.27. The molecule has 2 N–H and O–H groups in total. The van der Waals surface area contributed by atoms with Crippen LogP contribution in [0.1, 0.15) is 10.4 Å². The van der Waals surface area contributed by atoms with Gasteiger partial charge in [-0.25, -0.2) is 4.98 Å². The molecular weight excluding hydrogens is 278 g/mol. The number of anilines is 2. The van der Waals surface area contributed by atoms with Gasteiger partial charge < -0.3 is 15.4 Å². The zero-order valence-electron chi connectivity index (χ0n) is 11.1. The number of ether oxygens (including phenoxy) is 1. The number of hydrogen-bond acceptors (Lipinski definition) is 4. The van der Waals surface area contributed by atoms with Crippen LogP contribution in [0.3, 0.4) is 0 Å². The number of carbonyl (C=O) groups is 1. The van der Waals surface area contributed by atoms with Crippen molar-refractivity contribution >= 4 is 29.0 Å². The zero-order chi connectivity index (χ0) is 14.5. The normalized spacial score (nSPS) is 9.95. The quantitative estimate of drug-likeness (QED) is 0.909. The molecule has 1 heterocycles. The van der Waals surface area contributed by atoms with Gasteiger partial charge >= 0.3 is 0 Å². The molecule has 0 saturated heterocycles. The van der Waals surface area contributed by atoms with Gasteiger partial charge in [-0.3, -0.25) is 4.79 Å². The number of rotatable bonds is 4. The molecule has 1 aromatic heterocycles. The largest absolute Gasteiger partial charge is 0.497 e. The van der Waals surface area contributed by atoms with Crippen LogP contribution in [0.25, 0.3) is 0 Å². The maximum absolute atomic E-state index is 12.2. The van der Waals surface area contributed by atoms with Crippen LogP contribution in [0.2, 0.25) is 5.02 Å². The van der Waals surface area contributed by atoms with Gasteiger partial charge in [-0.1, -0.05) is 17.7 Å². The lowest BCUT2D eigenvalue weighted by atomic mass is 10.2. The second-order valence-corrected chi connectivity index (χ2v) is 4.39. The fraction of sp³-hybridized carbons (Fsp3) is 0.143. The van der Waals surface area contributed by atoms with Crippen molar-refractivity contribution in [2.45, 2.75) is 0 Å². The van der Waals surface area contributed by atoms with E-state index in [0.29, 0.717) is 27.8 Å². The van der Waals surface area contributed by atoms with E-state index in [-0.39, 0.29) is 5.91 Å². The van der Waals surface area contributed by atoms with Gasteiger partial charge in [-0.2, -0.15) is 0 Å². The summed E-state index contributed by atoms with van der Waals surface area (Å²) in [5, 5.41) is 5.92. The Bertz CT molecular complexity index is 632. The van der Waals surface area contributed by atoms with Crippen molar-refractivity contribution in [1.82, 2.24) is 4.98 Å². The fourth-order valence-electron chi connectivity index (χ4n) is 1.65. The minimum absolute atomic E-state index is 0.296. The highest BCUT2D eigenvalue weighted by atomic mass is 35.5. The monoisotopic (exact) mass is 291 g/mol. The number of nitrogens with one attached hydrogen (secondary N) is 2. The van der Waals surface area contributed by atoms with Crippen molar-refractivity contribution in [3.05, 3.63) is 47.1 Å². The molecule has 2 aromatic rings. The average Bonchev–Trinajstić information content (AvgIpc) is 2.47. The second-order valence-electron chi connectivity index (χ2n) is 3.99. The van der Waals surface area contributed by atoms with Crippen LogP contribution in [0.15, 0.2) is 36.5 Å². The highest BCUT2D eigenvalue weighted by molar-refractivity contribution is 6.34. The Morgan fingerprint density at radius 1 is 1.35 bits per heavy atom. The lowest BCUT2D eigenvalue weighted by molar-refractivity contribution is 0.102. The number of amides is 1. The summed E-state index contributed by atoms with van der Waals surface area (Å²) in [6.45, 7) is 0. The molecule has 0 saturated carbocycles. The molecule has 0 spiro atoms. The van der Waals surface area contributed by atoms with Crippen molar-refractivity contribution in [1.29, 1.82) is 0 Å². The van der Waals surface area contributed by atoms with E-state index in [1.165, 1.54) is 6.20 Å². The number of pyridine rings is 1. The van der Waals surface area contributed by atoms with Gasteiger partial charge in [0.2, 0.25) is 0 Å². The van der Waals surface area contributed by atoms with Gasteiger partial charge in [0.15, 0.2) is 0 Å². The summed E-state index contributed by atoms with van der Waals surface area (Å²) >= 11 is 6.00. The Kier molecular flexibility index (Phi) is 4.42. The van der Waals surface area contributed by atoms with Crippen molar-refractivity contribution in [2.24, 2.45) is 0 Å². The third kappa shape index (κ3) is 3.19. The number of halogens is 1. The van der Waals surface area contributed by atoms with Gasteiger partial charge in [0, 0.05) is 25.0 Å². The van der Waals surface area contributed by atoms with Gasteiger partial charge in [0.25, 0.3) is 5.91 Å². The van der Waals surface area contributed by atoms with E-state index in [4.69, 9.17) is 16.3 Å². The summed E-state index contributed by atoms with van der Waals surface area (Å²) in [4.78, 5) is 16.2. The minimum Gasteiger partial charge on any atom is -0.497 e. The smallest absolute Gasteiger partial charge is 0.257 e. The minimum atomic E-state index is -0.304. The molecule has 20 heavy (non-hydrogen) atoms. The van der Waals surface area contributed by atoms with E-state index in [9.17, 15) is 4.79 Å². The van der Waals surface area contributed by atoms with E-state index >= 15 is 0 Å². The molecule has 0 unspecified atom stereocenters. The van der Waals surface area contributed by atoms with E-state index in [0.717, 1.165) is 0 Å². The van der Waals surface area contributed by atoms with Crippen LogP contribution < -0.4 is 15.4 Å². The molecule has 0 fully saturated rings. The van der Waals surface area contributed by atoms with Crippen LogP contribution in [-0.2, 0) is 0 Å². The van der Waals surface area contributed by atoms with Crippen LogP contribution >= 0.6 is 11.6 Å². The Morgan fingerprint density at radius 3 is 2.85 bits per heavy atom. The molecule has 1 aromatic carbocycles. The lowest BCUT2D eigenvalue weighted by Crippen LogP contribution is -2.13. The van der Waals surface area contributed by atoms with Crippen molar-refractivity contribution in [3.63, 3.8) is 0 Å². The molecule has 2 rings (SSSR count). The van der Waals surface area contributed by atoms with Crippen molar-refractivity contribution in [3.8, 4) is 5.75 Å². The highest BCUT2D eigenvalue weighted by Crippen LogP contribution is 2.21. The number of benzene rings is 1. The molecule has 104 valence electrons. The second kappa shape index (κ2) is 6.25. The van der Waals surface area contributed by atoms with Crippen LogP contribution in [0.4, 0.5) is 11.5 Å². The Balaban J connectivity index is 2.23. The molecule has 1 amide bonds. The number of carbonyl (C=O) groups excluding carboxylic acids is 1. The first-order valence-corrected chi connectivity index (χ1v) is 6.30. The molecule has 0 aliphatic heterocycles. The molecule has 0 aliphatic rings. The first-order valence-electron chi connectivity index (χ1n) is 5.92. The van der Waals surface area contributed by atoms with Crippen LogP contribution in [-0.4, -0.2) is 25.0 Å². The predicted molar refractivity (Wildman–Crippen MR) is 79.7 cm³/mol. The highest BCUT2D eigenvalue weighted by Gasteiger charge is 2.12. The van der Waals surface area contributed by atoms with E-state index in [2.05, 4.69) is 15.6 Å². The van der Waals surface area contributed by atoms with Gasteiger partial charge in [-0.05, 0) is 18.2 Å². The third-order valence-corrected chi connectivity index (χ3v) is 2.98. The van der Waals surface area contributed by atoms with Gasteiger partial charge in [0.05, 0.1) is 17.7 Å². The Morgan fingerprint density at radius 2 is 2.15 bits per heavy atom. The molecule has 0 aliphatic carbocycles. The Labute approximate surface area is 121 Å². The maximum atomic E-state index is 12.2. The summed E-state index contributed by atoms with van der Waals surface area (Å²) in [5.74, 6) is 0.937. The topological polar surface area (TPSA) is 63.2 Å². The number of hydrogen-bond donors (Lipinski definition) is 2. The molecule has 0 atom stereocenters.